The van der Waals surface area contributed by atoms with Crippen LogP contribution in [0.2, 0.25) is 0 Å². The quantitative estimate of drug-likeness (QED) is 0.584. The summed E-state index contributed by atoms with van der Waals surface area (Å²) in [6.07, 6.45) is 3.29. The SMILES string of the molecule is COCCNC(C)(C(=O)OC)c1ccncc1. The van der Waals surface area contributed by atoms with Gasteiger partial charge in [0, 0.05) is 26.0 Å². The number of nitrogens with one attached hydrogen (secondary N) is 1. The number of methoxy groups -OCH3 is 2. The van der Waals surface area contributed by atoms with E-state index in [4.69, 9.17) is 9.47 Å². The second kappa shape index (κ2) is 6.32. The van der Waals surface area contributed by atoms with Crippen molar-refractivity contribution in [2.75, 3.05) is 27.4 Å². The van der Waals surface area contributed by atoms with Gasteiger partial charge in [-0.1, -0.05) is 0 Å². The molecule has 1 N–H and O–H groups in total. The van der Waals surface area contributed by atoms with Crippen LogP contribution in [0, 0.1) is 0 Å². The van der Waals surface area contributed by atoms with Crippen molar-refractivity contribution in [3.05, 3.63) is 30.1 Å². The van der Waals surface area contributed by atoms with Gasteiger partial charge in [-0.2, -0.15) is 0 Å². The van der Waals surface area contributed by atoms with Crippen LogP contribution in [0.25, 0.3) is 0 Å². The molecule has 1 rings (SSSR count). The largest absolute Gasteiger partial charge is 0.467 e. The Hall–Kier alpha value is -1.46. The maximum atomic E-state index is 11.9. The predicted molar refractivity (Wildman–Crippen MR) is 63.5 cm³/mol. The van der Waals surface area contributed by atoms with Gasteiger partial charge in [-0.3, -0.25) is 10.3 Å². The summed E-state index contributed by atoms with van der Waals surface area (Å²) in [7, 11) is 2.99. The molecule has 1 aromatic heterocycles. The first-order valence-corrected chi connectivity index (χ1v) is 5.38. The minimum absolute atomic E-state index is 0.334. The lowest BCUT2D eigenvalue weighted by molar-refractivity contribution is -0.148. The number of rotatable bonds is 6. The molecule has 5 nitrogen and oxygen atoms in total. The fourth-order valence-electron chi connectivity index (χ4n) is 1.58. The Labute approximate surface area is 101 Å². The fourth-order valence-corrected chi connectivity index (χ4v) is 1.58. The fraction of sp³-hybridized carbons (Fsp3) is 0.500. The molecular formula is C12H18N2O3. The van der Waals surface area contributed by atoms with Gasteiger partial charge in [0.05, 0.1) is 13.7 Å². The lowest BCUT2D eigenvalue weighted by Crippen LogP contribution is -2.48. The van der Waals surface area contributed by atoms with E-state index in [2.05, 4.69) is 10.3 Å². The highest BCUT2D eigenvalue weighted by Crippen LogP contribution is 2.21. The lowest BCUT2D eigenvalue weighted by Gasteiger charge is -2.28. The van der Waals surface area contributed by atoms with E-state index >= 15 is 0 Å². The molecular weight excluding hydrogens is 220 g/mol. The Kier molecular flexibility index (Phi) is 5.06. The summed E-state index contributed by atoms with van der Waals surface area (Å²) < 4.78 is 9.80. The molecule has 0 bridgehead atoms. The van der Waals surface area contributed by atoms with Crippen LogP contribution in [-0.2, 0) is 19.8 Å². The molecule has 1 atom stereocenters. The van der Waals surface area contributed by atoms with Crippen LogP contribution in [0.4, 0.5) is 0 Å². The zero-order valence-electron chi connectivity index (χ0n) is 10.4. The summed E-state index contributed by atoms with van der Waals surface area (Å²) in [6, 6.07) is 3.58. The number of hydrogen-bond donors (Lipinski definition) is 1. The number of nitrogens with zero attached hydrogens (tertiary/aromatic N) is 1. The Morgan fingerprint density at radius 2 is 2.06 bits per heavy atom. The molecule has 1 aromatic rings. The van der Waals surface area contributed by atoms with Crippen molar-refractivity contribution in [3.63, 3.8) is 0 Å². The first-order valence-electron chi connectivity index (χ1n) is 5.38. The van der Waals surface area contributed by atoms with Gasteiger partial charge in [0.15, 0.2) is 0 Å². The van der Waals surface area contributed by atoms with E-state index in [9.17, 15) is 4.79 Å². The predicted octanol–water partition coefficient (Wildman–Crippen LogP) is 0.706. The minimum Gasteiger partial charge on any atom is -0.467 e. The second-order valence-corrected chi connectivity index (χ2v) is 3.77. The molecule has 5 heteroatoms. The standard InChI is InChI=1S/C12H18N2O3/c1-12(11(15)17-3,14-8-9-16-2)10-4-6-13-7-5-10/h4-7,14H,8-9H2,1-3H3. The Balaban J connectivity index is 2.90. The van der Waals surface area contributed by atoms with E-state index in [0.29, 0.717) is 13.2 Å². The molecule has 0 spiro atoms. The number of carbonyl (C=O) groups excluding carboxylic acids is 1. The van der Waals surface area contributed by atoms with E-state index in [-0.39, 0.29) is 5.97 Å². The van der Waals surface area contributed by atoms with E-state index in [1.807, 2.05) is 0 Å². The van der Waals surface area contributed by atoms with Crippen LogP contribution < -0.4 is 5.32 Å². The lowest BCUT2D eigenvalue weighted by atomic mass is 9.93. The van der Waals surface area contributed by atoms with Crippen LogP contribution in [0.5, 0.6) is 0 Å². The van der Waals surface area contributed by atoms with Gasteiger partial charge in [-0.25, -0.2) is 4.79 Å². The topological polar surface area (TPSA) is 60.5 Å². The van der Waals surface area contributed by atoms with Crippen LogP contribution in [0.3, 0.4) is 0 Å². The summed E-state index contributed by atoms with van der Waals surface area (Å²) in [4.78, 5) is 15.8. The van der Waals surface area contributed by atoms with Crippen LogP contribution in [0.15, 0.2) is 24.5 Å². The van der Waals surface area contributed by atoms with E-state index < -0.39 is 5.54 Å². The van der Waals surface area contributed by atoms with Gasteiger partial charge < -0.3 is 9.47 Å². The normalized spacial score (nSPS) is 14.1. The number of hydrogen-bond acceptors (Lipinski definition) is 5. The maximum absolute atomic E-state index is 11.9. The zero-order valence-corrected chi connectivity index (χ0v) is 10.4. The molecule has 0 aliphatic carbocycles. The second-order valence-electron chi connectivity index (χ2n) is 3.77. The molecule has 0 aromatic carbocycles. The van der Waals surface area contributed by atoms with Gasteiger partial charge in [0.25, 0.3) is 0 Å². The first kappa shape index (κ1) is 13.6. The molecule has 0 saturated heterocycles. The third kappa shape index (κ3) is 3.25. The van der Waals surface area contributed by atoms with Crippen LogP contribution in [-0.4, -0.2) is 38.3 Å². The highest BCUT2D eigenvalue weighted by molar-refractivity contribution is 5.82. The Morgan fingerprint density at radius 1 is 1.41 bits per heavy atom. The smallest absolute Gasteiger partial charge is 0.330 e. The van der Waals surface area contributed by atoms with Crippen molar-refractivity contribution in [1.82, 2.24) is 10.3 Å². The van der Waals surface area contributed by atoms with Crippen molar-refractivity contribution < 1.29 is 14.3 Å². The minimum atomic E-state index is -0.879. The molecule has 1 heterocycles. The van der Waals surface area contributed by atoms with Crippen molar-refractivity contribution >= 4 is 5.97 Å². The molecule has 0 saturated carbocycles. The van der Waals surface area contributed by atoms with Gasteiger partial charge >= 0.3 is 5.97 Å². The van der Waals surface area contributed by atoms with Crippen molar-refractivity contribution in [1.29, 1.82) is 0 Å². The summed E-state index contributed by atoms with van der Waals surface area (Å²) in [5.74, 6) is -0.334. The Bertz CT molecular complexity index is 356. The third-order valence-corrected chi connectivity index (χ3v) is 2.64. The third-order valence-electron chi connectivity index (χ3n) is 2.64. The summed E-state index contributed by atoms with van der Waals surface area (Å²) >= 11 is 0. The molecule has 0 aliphatic rings. The van der Waals surface area contributed by atoms with E-state index in [1.54, 1.807) is 38.6 Å². The number of pyridine rings is 1. The molecule has 0 fully saturated rings. The van der Waals surface area contributed by atoms with Crippen LogP contribution >= 0.6 is 0 Å². The molecule has 1 unspecified atom stereocenters. The highest BCUT2D eigenvalue weighted by Gasteiger charge is 2.35. The summed E-state index contributed by atoms with van der Waals surface area (Å²) in [5, 5.41) is 3.14. The molecule has 0 radical (unpaired) electrons. The van der Waals surface area contributed by atoms with Gasteiger partial charge in [-0.05, 0) is 24.6 Å². The number of ether oxygens (including phenoxy) is 2. The zero-order chi connectivity index (χ0) is 12.7. The first-order chi connectivity index (χ1) is 8.15. The maximum Gasteiger partial charge on any atom is 0.330 e. The van der Waals surface area contributed by atoms with Crippen LogP contribution in [0.1, 0.15) is 12.5 Å². The number of carbonyl (C=O) groups is 1. The number of esters is 1. The average molecular weight is 238 g/mol. The van der Waals surface area contributed by atoms with Gasteiger partial charge in [0.1, 0.15) is 5.54 Å². The Morgan fingerprint density at radius 3 is 2.59 bits per heavy atom. The molecule has 0 aliphatic heterocycles. The summed E-state index contributed by atoms with van der Waals surface area (Å²) in [5.41, 5.74) is -0.0635. The van der Waals surface area contributed by atoms with Crippen molar-refractivity contribution in [2.24, 2.45) is 0 Å². The molecule has 94 valence electrons. The van der Waals surface area contributed by atoms with E-state index in [0.717, 1.165) is 5.56 Å². The summed E-state index contributed by atoms with van der Waals surface area (Å²) in [6.45, 7) is 2.87. The highest BCUT2D eigenvalue weighted by atomic mass is 16.5. The van der Waals surface area contributed by atoms with Crippen molar-refractivity contribution in [2.45, 2.75) is 12.5 Å². The number of aromatic nitrogens is 1. The molecule has 17 heavy (non-hydrogen) atoms. The average Bonchev–Trinajstić information content (AvgIpc) is 2.39. The molecule has 0 amide bonds. The van der Waals surface area contributed by atoms with Gasteiger partial charge in [0.2, 0.25) is 0 Å². The van der Waals surface area contributed by atoms with Gasteiger partial charge in [-0.15, -0.1) is 0 Å². The monoisotopic (exact) mass is 238 g/mol. The van der Waals surface area contributed by atoms with E-state index in [1.165, 1.54) is 7.11 Å². The van der Waals surface area contributed by atoms with Crippen molar-refractivity contribution in [3.8, 4) is 0 Å².